The van der Waals surface area contributed by atoms with E-state index in [1.165, 1.54) is 29.5 Å². The fourth-order valence-electron chi connectivity index (χ4n) is 2.02. The summed E-state index contributed by atoms with van der Waals surface area (Å²) in [6.45, 7) is 3.90. The Kier molecular flexibility index (Phi) is 5.43. The zero-order valence-electron chi connectivity index (χ0n) is 12.3. The molecule has 2 amide bonds. The molecule has 1 heterocycles. The van der Waals surface area contributed by atoms with Gasteiger partial charge in [-0.25, -0.2) is 18.6 Å². The summed E-state index contributed by atoms with van der Waals surface area (Å²) >= 11 is 1.51. The van der Waals surface area contributed by atoms with Crippen molar-refractivity contribution in [2.45, 2.75) is 32.9 Å². The zero-order valence-corrected chi connectivity index (χ0v) is 13.1. The van der Waals surface area contributed by atoms with Crippen molar-refractivity contribution in [1.82, 2.24) is 15.6 Å². The second-order valence-electron chi connectivity index (χ2n) is 4.99. The van der Waals surface area contributed by atoms with Crippen LogP contribution in [0.1, 0.15) is 23.2 Å². The van der Waals surface area contributed by atoms with Crippen molar-refractivity contribution in [3.63, 3.8) is 0 Å². The monoisotopic (exact) mass is 325 g/mol. The maximum atomic E-state index is 13.5. The molecule has 0 aliphatic rings. The van der Waals surface area contributed by atoms with Crippen molar-refractivity contribution >= 4 is 17.4 Å². The normalized spacial score (nSPS) is 12.0. The Bertz CT molecular complexity index is 640. The molecule has 7 heteroatoms. The van der Waals surface area contributed by atoms with Gasteiger partial charge in [-0.2, -0.15) is 0 Å². The maximum absolute atomic E-state index is 13.5. The number of aryl methyl sites for hydroxylation is 1. The second-order valence-corrected chi connectivity index (χ2v) is 6.05. The minimum atomic E-state index is -0.605. The second kappa shape index (κ2) is 7.31. The lowest BCUT2D eigenvalue weighted by atomic mass is 10.1. The molecule has 4 nitrogen and oxygen atoms in total. The Balaban J connectivity index is 1.83. The number of nitrogens with one attached hydrogen (secondary N) is 2. The Morgan fingerprint density at radius 3 is 2.64 bits per heavy atom. The van der Waals surface area contributed by atoms with Crippen molar-refractivity contribution in [1.29, 1.82) is 0 Å². The third-order valence-electron chi connectivity index (χ3n) is 3.05. The summed E-state index contributed by atoms with van der Waals surface area (Å²) in [7, 11) is 0. The molecule has 1 unspecified atom stereocenters. The molecule has 0 bridgehead atoms. The molecule has 118 valence electrons. The molecule has 0 radical (unpaired) electrons. The zero-order chi connectivity index (χ0) is 16.1. The van der Waals surface area contributed by atoms with E-state index in [9.17, 15) is 13.6 Å². The van der Waals surface area contributed by atoms with E-state index in [1.54, 1.807) is 6.92 Å². The number of rotatable bonds is 5. The highest BCUT2D eigenvalue weighted by atomic mass is 32.1. The first-order valence-corrected chi connectivity index (χ1v) is 7.72. The topological polar surface area (TPSA) is 54.0 Å². The number of carbonyl (C=O) groups is 1. The van der Waals surface area contributed by atoms with E-state index >= 15 is 0 Å². The number of benzene rings is 1. The van der Waals surface area contributed by atoms with E-state index in [4.69, 9.17) is 0 Å². The van der Waals surface area contributed by atoms with E-state index in [0.29, 0.717) is 6.54 Å². The molecule has 2 N–H and O–H groups in total. The lowest BCUT2D eigenvalue weighted by molar-refractivity contribution is 0.237. The van der Waals surface area contributed by atoms with Gasteiger partial charge in [0.25, 0.3) is 0 Å². The van der Waals surface area contributed by atoms with E-state index in [1.807, 2.05) is 12.3 Å². The van der Waals surface area contributed by atoms with Crippen LogP contribution in [0.4, 0.5) is 13.6 Å². The van der Waals surface area contributed by atoms with Gasteiger partial charge >= 0.3 is 6.03 Å². The molecule has 0 aliphatic carbocycles. The van der Waals surface area contributed by atoms with Gasteiger partial charge < -0.3 is 10.6 Å². The van der Waals surface area contributed by atoms with Gasteiger partial charge in [0, 0.05) is 17.0 Å². The molecule has 1 atom stereocenters. The molecule has 0 saturated heterocycles. The van der Waals surface area contributed by atoms with Crippen molar-refractivity contribution < 1.29 is 13.6 Å². The molecular weight excluding hydrogens is 308 g/mol. The summed E-state index contributed by atoms with van der Waals surface area (Å²) in [5, 5.41) is 8.12. The molecular formula is C15H17F2N3OS. The van der Waals surface area contributed by atoms with Gasteiger partial charge in [0.15, 0.2) is 0 Å². The third-order valence-corrected chi connectivity index (χ3v) is 3.87. The average Bonchev–Trinajstić information content (AvgIpc) is 2.86. The number of carbonyl (C=O) groups excluding carboxylic acids is 1. The van der Waals surface area contributed by atoms with E-state index in [2.05, 4.69) is 15.6 Å². The first kappa shape index (κ1) is 16.4. The molecule has 2 rings (SSSR count). The van der Waals surface area contributed by atoms with Crippen LogP contribution in [0.5, 0.6) is 0 Å². The highest BCUT2D eigenvalue weighted by molar-refractivity contribution is 7.09. The third kappa shape index (κ3) is 4.49. The summed E-state index contributed by atoms with van der Waals surface area (Å²) in [4.78, 5) is 16.0. The molecule has 0 fully saturated rings. The van der Waals surface area contributed by atoms with Gasteiger partial charge in [-0.1, -0.05) is 6.07 Å². The largest absolute Gasteiger partial charge is 0.335 e. The first-order chi connectivity index (χ1) is 10.5. The Labute approximate surface area is 131 Å². The molecule has 0 saturated carbocycles. The van der Waals surface area contributed by atoms with Gasteiger partial charge in [-0.05, 0) is 32.4 Å². The van der Waals surface area contributed by atoms with Crippen LogP contribution in [0.15, 0.2) is 23.6 Å². The van der Waals surface area contributed by atoms with Gasteiger partial charge in [-0.3, -0.25) is 0 Å². The molecule has 22 heavy (non-hydrogen) atoms. The number of halogens is 2. The SMILES string of the molecule is Cc1nc(CNC(=O)NC(C)Cc2c(F)cccc2F)cs1. The highest BCUT2D eigenvalue weighted by Crippen LogP contribution is 2.14. The molecule has 1 aromatic carbocycles. The summed E-state index contributed by atoms with van der Waals surface area (Å²) in [6.07, 6.45) is 0.0851. The predicted molar refractivity (Wildman–Crippen MR) is 81.7 cm³/mol. The standard InChI is InChI=1S/C15H17F2N3OS/c1-9(6-12-13(16)4-3-5-14(12)17)19-15(21)18-7-11-8-22-10(2)20-11/h3-5,8-9H,6-7H2,1-2H3,(H2,18,19,21). The number of hydrogen-bond acceptors (Lipinski definition) is 3. The summed E-state index contributed by atoms with van der Waals surface area (Å²) in [5.41, 5.74) is 0.760. The Morgan fingerprint density at radius 1 is 1.36 bits per heavy atom. The minimum Gasteiger partial charge on any atom is -0.335 e. The number of thiazole rings is 1. The molecule has 0 spiro atoms. The quantitative estimate of drug-likeness (QED) is 0.887. The number of urea groups is 1. The van der Waals surface area contributed by atoms with Gasteiger partial charge in [0.05, 0.1) is 17.2 Å². The van der Waals surface area contributed by atoms with Crippen LogP contribution >= 0.6 is 11.3 Å². The van der Waals surface area contributed by atoms with Crippen LogP contribution in [0.3, 0.4) is 0 Å². The Morgan fingerprint density at radius 2 is 2.05 bits per heavy atom. The van der Waals surface area contributed by atoms with E-state index in [-0.39, 0.29) is 12.0 Å². The van der Waals surface area contributed by atoms with Crippen molar-refractivity contribution in [3.8, 4) is 0 Å². The lowest BCUT2D eigenvalue weighted by Crippen LogP contribution is -2.41. The van der Waals surface area contributed by atoms with Gasteiger partial charge in [0.1, 0.15) is 11.6 Å². The fraction of sp³-hybridized carbons (Fsp3) is 0.333. The maximum Gasteiger partial charge on any atom is 0.315 e. The van der Waals surface area contributed by atoms with Crippen molar-refractivity contribution in [2.75, 3.05) is 0 Å². The summed E-state index contributed by atoms with van der Waals surface area (Å²) in [5.74, 6) is -1.21. The smallest absolute Gasteiger partial charge is 0.315 e. The van der Waals surface area contributed by atoms with Crippen LogP contribution < -0.4 is 10.6 Å². The Hall–Kier alpha value is -2.02. The van der Waals surface area contributed by atoms with E-state index < -0.39 is 23.7 Å². The lowest BCUT2D eigenvalue weighted by Gasteiger charge is -2.15. The number of amides is 2. The van der Waals surface area contributed by atoms with Crippen molar-refractivity contribution in [3.05, 3.63) is 51.5 Å². The van der Waals surface area contributed by atoms with Crippen LogP contribution in [0.25, 0.3) is 0 Å². The first-order valence-electron chi connectivity index (χ1n) is 6.84. The number of aromatic nitrogens is 1. The van der Waals surface area contributed by atoms with Gasteiger partial charge in [-0.15, -0.1) is 11.3 Å². The summed E-state index contributed by atoms with van der Waals surface area (Å²) < 4.78 is 27.1. The van der Waals surface area contributed by atoms with Crippen molar-refractivity contribution in [2.24, 2.45) is 0 Å². The number of nitrogens with zero attached hydrogens (tertiary/aromatic N) is 1. The van der Waals surface area contributed by atoms with Crippen LogP contribution in [-0.4, -0.2) is 17.1 Å². The average molecular weight is 325 g/mol. The molecule has 0 aliphatic heterocycles. The van der Waals surface area contributed by atoms with Crippen LogP contribution in [-0.2, 0) is 13.0 Å². The molecule has 2 aromatic rings. The fourth-order valence-corrected chi connectivity index (χ4v) is 2.63. The number of hydrogen-bond donors (Lipinski definition) is 2. The van der Waals surface area contributed by atoms with Crippen LogP contribution in [0, 0.1) is 18.6 Å². The summed E-state index contributed by atoms with van der Waals surface area (Å²) in [6, 6.07) is 2.93. The minimum absolute atomic E-state index is 0.0228. The predicted octanol–water partition coefficient (Wildman–Crippen LogP) is 3.16. The highest BCUT2D eigenvalue weighted by Gasteiger charge is 2.14. The van der Waals surface area contributed by atoms with E-state index in [0.717, 1.165) is 10.7 Å². The van der Waals surface area contributed by atoms with Crippen LogP contribution in [0.2, 0.25) is 0 Å². The van der Waals surface area contributed by atoms with Gasteiger partial charge in [0.2, 0.25) is 0 Å². The molecule has 1 aromatic heterocycles.